The zero-order valence-corrected chi connectivity index (χ0v) is 13.9. The Morgan fingerprint density at radius 2 is 1.88 bits per heavy atom. The van der Waals surface area contributed by atoms with Crippen LogP contribution in [-0.2, 0) is 11.2 Å². The SMILES string of the molecule is CC(=O)Nc1c(C)cc2c(c1C)CCN(c1ccc(F)cc1)C2=O. The normalized spacial score (nSPS) is 13.7. The van der Waals surface area contributed by atoms with E-state index in [-0.39, 0.29) is 17.6 Å². The number of nitrogens with one attached hydrogen (secondary N) is 1. The highest BCUT2D eigenvalue weighted by molar-refractivity contribution is 6.09. The van der Waals surface area contributed by atoms with E-state index in [2.05, 4.69) is 5.32 Å². The minimum Gasteiger partial charge on any atom is -0.326 e. The molecule has 0 bridgehead atoms. The van der Waals surface area contributed by atoms with Gasteiger partial charge < -0.3 is 10.2 Å². The standard InChI is InChI=1S/C19H19FN2O2/c1-11-10-17-16(12(2)18(11)21-13(3)23)8-9-22(19(17)24)15-6-4-14(20)5-7-15/h4-7,10H,8-9H2,1-3H3,(H,21,23). The molecule has 0 aromatic heterocycles. The van der Waals surface area contributed by atoms with Crippen molar-refractivity contribution in [3.05, 3.63) is 58.4 Å². The lowest BCUT2D eigenvalue weighted by Crippen LogP contribution is -2.38. The second-order valence-electron chi connectivity index (χ2n) is 6.08. The summed E-state index contributed by atoms with van der Waals surface area (Å²) >= 11 is 0. The monoisotopic (exact) mass is 326 g/mol. The Hall–Kier alpha value is -2.69. The number of hydrogen-bond donors (Lipinski definition) is 1. The van der Waals surface area contributed by atoms with Gasteiger partial charge in [0.2, 0.25) is 5.91 Å². The van der Waals surface area contributed by atoms with Gasteiger partial charge in [0.1, 0.15) is 5.82 Å². The highest BCUT2D eigenvalue weighted by atomic mass is 19.1. The molecule has 1 N–H and O–H groups in total. The van der Waals surface area contributed by atoms with Crippen molar-refractivity contribution in [1.82, 2.24) is 0 Å². The van der Waals surface area contributed by atoms with Crippen molar-refractivity contribution < 1.29 is 14.0 Å². The highest BCUT2D eigenvalue weighted by Gasteiger charge is 2.28. The lowest BCUT2D eigenvalue weighted by atomic mass is 9.90. The van der Waals surface area contributed by atoms with Gasteiger partial charge in [-0.25, -0.2) is 4.39 Å². The first-order valence-corrected chi connectivity index (χ1v) is 7.86. The fourth-order valence-electron chi connectivity index (χ4n) is 3.24. The van der Waals surface area contributed by atoms with Crippen LogP contribution in [0.1, 0.15) is 34.0 Å². The minimum absolute atomic E-state index is 0.0940. The first kappa shape index (κ1) is 16.2. The van der Waals surface area contributed by atoms with Crippen molar-refractivity contribution >= 4 is 23.2 Å². The maximum atomic E-state index is 13.1. The molecule has 1 aliphatic rings. The quantitative estimate of drug-likeness (QED) is 0.916. The third kappa shape index (κ3) is 2.77. The second-order valence-corrected chi connectivity index (χ2v) is 6.08. The second kappa shape index (κ2) is 6.07. The van der Waals surface area contributed by atoms with E-state index in [1.807, 2.05) is 19.9 Å². The largest absolute Gasteiger partial charge is 0.326 e. The fraction of sp³-hybridized carbons (Fsp3) is 0.263. The molecule has 0 aliphatic carbocycles. The average Bonchev–Trinajstić information content (AvgIpc) is 2.53. The predicted octanol–water partition coefficient (Wildman–Crippen LogP) is 3.60. The molecule has 2 aromatic carbocycles. The molecule has 124 valence electrons. The van der Waals surface area contributed by atoms with E-state index in [0.29, 0.717) is 24.2 Å². The zero-order valence-electron chi connectivity index (χ0n) is 13.9. The van der Waals surface area contributed by atoms with Gasteiger partial charge >= 0.3 is 0 Å². The van der Waals surface area contributed by atoms with Gasteiger partial charge in [-0.05, 0) is 67.3 Å². The Morgan fingerprint density at radius 1 is 1.21 bits per heavy atom. The number of benzene rings is 2. The number of carbonyl (C=O) groups excluding carboxylic acids is 2. The summed E-state index contributed by atoms with van der Waals surface area (Å²) < 4.78 is 13.1. The Labute approximate surface area is 140 Å². The number of fused-ring (bicyclic) bond motifs is 1. The minimum atomic E-state index is -0.324. The van der Waals surface area contributed by atoms with Crippen molar-refractivity contribution in [3.8, 4) is 0 Å². The number of halogens is 1. The lowest BCUT2D eigenvalue weighted by molar-refractivity contribution is -0.114. The van der Waals surface area contributed by atoms with E-state index in [1.54, 1.807) is 17.0 Å². The van der Waals surface area contributed by atoms with E-state index < -0.39 is 0 Å². The maximum Gasteiger partial charge on any atom is 0.258 e. The molecule has 24 heavy (non-hydrogen) atoms. The van der Waals surface area contributed by atoms with E-state index in [0.717, 1.165) is 22.4 Å². The van der Waals surface area contributed by atoms with Crippen LogP contribution in [0, 0.1) is 19.7 Å². The summed E-state index contributed by atoms with van der Waals surface area (Å²) in [6.45, 7) is 5.81. The smallest absolute Gasteiger partial charge is 0.258 e. The molecule has 4 nitrogen and oxygen atoms in total. The molecule has 0 saturated heterocycles. The predicted molar refractivity (Wildman–Crippen MR) is 92.0 cm³/mol. The van der Waals surface area contributed by atoms with Crippen LogP contribution in [0.25, 0.3) is 0 Å². The molecule has 3 rings (SSSR count). The zero-order chi connectivity index (χ0) is 17.4. The Kier molecular flexibility index (Phi) is 4.09. The number of anilines is 2. The topological polar surface area (TPSA) is 49.4 Å². The number of nitrogens with zero attached hydrogens (tertiary/aromatic N) is 1. The number of aryl methyl sites for hydroxylation is 1. The molecular weight excluding hydrogens is 307 g/mol. The third-order valence-corrected chi connectivity index (χ3v) is 4.41. The third-order valence-electron chi connectivity index (χ3n) is 4.41. The first-order valence-electron chi connectivity index (χ1n) is 7.86. The molecule has 0 unspecified atom stereocenters. The molecule has 0 saturated carbocycles. The summed E-state index contributed by atoms with van der Waals surface area (Å²) in [5.41, 5.74) is 4.88. The van der Waals surface area contributed by atoms with Crippen LogP contribution in [-0.4, -0.2) is 18.4 Å². The van der Waals surface area contributed by atoms with E-state index in [9.17, 15) is 14.0 Å². The van der Waals surface area contributed by atoms with Gasteiger partial charge in [0, 0.05) is 30.4 Å². The Balaban J connectivity index is 2.02. The summed E-state index contributed by atoms with van der Waals surface area (Å²) in [4.78, 5) is 25.9. The van der Waals surface area contributed by atoms with Crippen LogP contribution in [0.15, 0.2) is 30.3 Å². The molecule has 0 atom stereocenters. The average molecular weight is 326 g/mol. The van der Waals surface area contributed by atoms with Gasteiger partial charge in [-0.2, -0.15) is 0 Å². The van der Waals surface area contributed by atoms with Gasteiger partial charge in [0.15, 0.2) is 0 Å². The lowest BCUT2D eigenvalue weighted by Gasteiger charge is -2.31. The molecule has 1 heterocycles. The molecule has 2 aromatic rings. The van der Waals surface area contributed by atoms with Gasteiger partial charge in [-0.3, -0.25) is 9.59 Å². The molecule has 0 fully saturated rings. The summed E-state index contributed by atoms with van der Waals surface area (Å²) in [5.74, 6) is -0.546. The van der Waals surface area contributed by atoms with E-state index in [4.69, 9.17) is 0 Å². The van der Waals surface area contributed by atoms with Crippen molar-refractivity contribution in [1.29, 1.82) is 0 Å². The Morgan fingerprint density at radius 3 is 2.50 bits per heavy atom. The van der Waals surface area contributed by atoms with Gasteiger partial charge in [-0.15, -0.1) is 0 Å². The van der Waals surface area contributed by atoms with Crippen molar-refractivity contribution in [3.63, 3.8) is 0 Å². The van der Waals surface area contributed by atoms with Crippen molar-refractivity contribution in [2.75, 3.05) is 16.8 Å². The van der Waals surface area contributed by atoms with Gasteiger partial charge in [0.25, 0.3) is 5.91 Å². The van der Waals surface area contributed by atoms with Crippen LogP contribution in [0.3, 0.4) is 0 Å². The molecule has 0 radical (unpaired) electrons. The van der Waals surface area contributed by atoms with Crippen LogP contribution >= 0.6 is 0 Å². The number of amides is 2. The van der Waals surface area contributed by atoms with Crippen LogP contribution in [0.4, 0.5) is 15.8 Å². The molecule has 5 heteroatoms. The van der Waals surface area contributed by atoms with Gasteiger partial charge in [0.05, 0.1) is 0 Å². The fourth-order valence-corrected chi connectivity index (χ4v) is 3.24. The number of rotatable bonds is 2. The summed E-state index contributed by atoms with van der Waals surface area (Å²) in [6, 6.07) is 7.77. The van der Waals surface area contributed by atoms with Crippen molar-refractivity contribution in [2.24, 2.45) is 0 Å². The van der Waals surface area contributed by atoms with Crippen LogP contribution < -0.4 is 10.2 Å². The van der Waals surface area contributed by atoms with E-state index >= 15 is 0 Å². The van der Waals surface area contributed by atoms with Gasteiger partial charge in [-0.1, -0.05) is 0 Å². The highest BCUT2D eigenvalue weighted by Crippen LogP contribution is 2.32. The van der Waals surface area contributed by atoms with E-state index in [1.165, 1.54) is 19.1 Å². The first-order chi connectivity index (χ1) is 11.4. The molecule has 1 aliphatic heterocycles. The van der Waals surface area contributed by atoms with Crippen molar-refractivity contribution in [2.45, 2.75) is 27.2 Å². The summed E-state index contributed by atoms with van der Waals surface area (Å²) in [7, 11) is 0. The molecule has 2 amide bonds. The molecule has 0 spiro atoms. The van der Waals surface area contributed by atoms with Crippen LogP contribution in [0.2, 0.25) is 0 Å². The maximum absolute atomic E-state index is 13.1. The van der Waals surface area contributed by atoms with Crippen LogP contribution in [0.5, 0.6) is 0 Å². The molecular formula is C19H19FN2O2. The number of carbonyl (C=O) groups is 2. The Bertz CT molecular complexity index is 828. The summed E-state index contributed by atoms with van der Waals surface area (Å²) in [5, 5.41) is 2.85. The summed E-state index contributed by atoms with van der Waals surface area (Å²) in [6.07, 6.45) is 0.692. The number of hydrogen-bond acceptors (Lipinski definition) is 2.